The maximum atomic E-state index is 13.2. The highest BCUT2D eigenvalue weighted by Gasteiger charge is 2.31. The minimum absolute atomic E-state index is 0.0800. The fourth-order valence-electron chi connectivity index (χ4n) is 3.93. The topological polar surface area (TPSA) is 86.8 Å². The Morgan fingerprint density at radius 3 is 2.83 bits per heavy atom. The molecule has 1 aliphatic rings. The number of aromatic amines is 1. The first-order chi connectivity index (χ1) is 14.2. The highest BCUT2D eigenvalue weighted by atomic mass is 16.2. The Balaban J connectivity index is 1.50. The molecule has 0 aliphatic carbocycles. The summed E-state index contributed by atoms with van der Waals surface area (Å²) in [6.45, 7) is 5.82. The van der Waals surface area contributed by atoms with Crippen LogP contribution in [0.3, 0.4) is 0 Å². The highest BCUT2D eigenvalue weighted by Crippen LogP contribution is 2.27. The zero-order valence-electron chi connectivity index (χ0n) is 17.0. The van der Waals surface area contributed by atoms with Gasteiger partial charge in [-0.2, -0.15) is 0 Å². The Hall–Kier alpha value is -2.96. The van der Waals surface area contributed by atoms with Crippen LogP contribution in [0.2, 0.25) is 0 Å². The molecule has 29 heavy (non-hydrogen) atoms. The molecule has 1 aromatic carbocycles. The molecule has 152 valence electrons. The van der Waals surface area contributed by atoms with Gasteiger partial charge in [0, 0.05) is 25.5 Å². The number of hydrogen-bond acceptors (Lipinski definition) is 5. The summed E-state index contributed by atoms with van der Waals surface area (Å²) in [7, 11) is 0. The monoisotopic (exact) mass is 392 g/mol. The van der Waals surface area contributed by atoms with Crippen molar-refractivity contribution in [1.29, 1.82) is 0 Å². The molecular formula is C22H28N6O. The van der Waals surface area contributed by atoms with Crippen molar-refractivity contribution in [1.82, 2.24) is 25.3 Å². The SMILES string of the molecule is CC[C@H](C)[C@H](NC(=O)[C@H]1CCCN(c2ncccn2)C1)c1nc2ccccc2[nH]1. The number of para-hydroxylation sites is 2. The molecule has 3 atom stereocenters. The van der Waals surface area contributed by atoms with Crippen LogP contribution in [0.5, 0.6) is 0 Å². The quantitative estimate of drug-likeness (QED) is 0.671. The average Bonchev–Trinajstić information content (AvgIpc) is 3.21. The summed E-state index contributed by atoms with van der Waals surface area (Å²) in [5.74, 6) is 1.80. The smallest absolute Gasteiger partial charge is 0.225 e. The molecule has 4 rings (SSSR count). The molecule has 2 N–H and O–H groups in total. The van der Waals surface area contributed by atoms with Gasteiger partial charge in [0.2, 0.25) is 11.9 Å². The van der Waals surface area contributed by atoms with Crippen LogP contribution in [0.4, 0.5) is 5.95 Å². The van der Waals surface area contributed by atoms with Crippen molar-refractivity contribution in [3.8, 4) is 0 Å². The third-order valence-corrected chi connectivity index (χ3v) is 5.84. The van der Waals surface area contributed by atoms with Gasteiger partial charge in [0.25, 0.3) is 0 Å². The molecule has 3 aromatic rings. The number of rotatable bonds is 6. The van der Waals surface area contributed by atoms with Gasteiger partial charge >= 0.3 is 0 Å². The summed E-state index contributed by atoms with van der Waals surface area (Å²) in [5.41, 5.74) is 1.92. The lowest BCUT2D eigenvalue weighted by Crippen LogP contribution is -2.45. The Morgan fingerprint density at radius 1 is 1.28 bits per heavy atom. The van der Waals surface area contributed by atoms with Crippen molar-refractivity contribution in [3.05, 3.63) is 48.5 Å². The fraction of sp³-hybridized carbons (Fsp3) is 0.455. The first-order valence-electron chi connectivity index (χ1n) is 10.4. The van der Waals surface area contributed by atoms with Crippen LogP contribution in [-0.4, -0.2) is 38.9 Å². The second-order valence-corrected chi connectivity index (χ2v) is 7.84. The van der Waals surface area contributed by atoms with Gasteiger partial charge in [-0.25, -0.2) is 15.0 Å². The van der Waals surface area contributed by atoms with E-state index < -0.39 is 0 Å². The highest BCUT2D eigenvalue weighted by molar-refractivity contribution is 5.80. The number of nitrogens with zero attached hydrogens (tertiary/aromatic N) is 4. The van der Waals surface area contributed by atoms with Crippen LogP contribution in [0.1, 0.15) is 45.0 Å². The average molecular weight is 393 g/mol. The maximum absolute atomic E-state index is 13.2. The predicted molar refractivity (Wildman–Crippen MR) is 113 cm³/mol. The van der Waals surface area contributed by atoms with E-state index >= 15 is 0 Å². The van der Waals surface area contributed by atoms with Gasteiger partial charge in [-0.1, -0.05) is 32.4 Å². The fourth-order valence-corrected chi connectivity index (χ4v) is 3.93. The molecule has 2 aromatic heterocycles. The minimum atomic E-state index is -0.136. The molecular weight excluding hydrogens is 364 g/mol. The van der Waals surface area contributed by atoms with E-state index in [2.05, 4.69) is 39.0 Å². The molecule has 0 radical (unpaired) electrons. The molecule has 0 bridgehead atoms. The van der Waals surface area contributed by atoms with E-state index in [-0.39, 0.29) is 23.8 Å². The second-order valence-electron chi connectivity index (χ2n) is 7.84. The number of piperidine rings is 1. The van der Waals surface area contributed by atoms with Crippen LogP contribution in [0.15, 0.2) is 42.7 Å². The summed E-state index contributed by atoms with van der Waals surface area (Å²) in [6.07, 6.45) is 6.27. The van der Waals surface area contributed by atoms with Crippen molar-refractivity contribution in [2.45, 2.75) is 39.2 Å². The number of anilines is 1. The molecule has 7 heteroatoms. The van der Waals surface area contributed by atoms with E-state index in [0.29, 0.717) is 12.5 Å². The van der Waals surface area contributed by atoms with Gasteiger partial charge in [0.05, 0.1) is 23.0 Å². The minimum Gasteiger partial charge on any atom is -0.346 e. The lowest BCUT2D eigenvalue weighted by Gasteiger charge is -2.33. The van der Waals surface area contributed by atoms with Gasteiger partial charge in [-0.05, 0) is 37.0 Å². The molecule has 3 heterocycles. The molecule has 1 aliphatic heterocycles. The molecule has 0 spiro atoms. The second kappa shape index (κ2) is 8.59. The Kier molecular flexibility index (Phi) is 5.74. The summed E-state index contributed by atoms with van der Waals surface area (Å²) >= 11 is 0. The molecule has 1 saturated heterocycles. The first kappa shape index (κ1) is 19.4. The van der Waals surface area contributed by atoms with E-state index in [1.54, 1.807) is 12.4 Å². The Labute approximate surface area is 171 Å². The summed E-state index contributed by atoms with van der Waals surface area (Å²) in [5, 5.41) is 3.29. The third-order valence-electron chi connectivity index (χ3n) is 5.84. The number of benzene rings is 1. The molecule has 1 fully saturated rings. The normalized spacial score (nSPS) is 19.1. The summed E-state index contributed by atoms with van der Waals surface area (Å²) in [4.78, 5) is 32.1. The number of carbonyl (C=O) groups excluding carboxylic acids is 1. The summed E-state index contributed by atoms with van der Waals surface area (Å²) < 4.78 is 0. The van der Waals surface area contributed by atoms with Gasteiger partial charge in [0.1, 0.15) is 5.82 Å². The van der Waals surface area contributed by atoms with E-state index in [1.165, 1.54) is 0 Å². The van der Waals surface area contributed by atoms with Crippen molar-refractivity contribution in [3.63, 3.8) is 0 Å². The number of imidazole rings is 1. The number of aromatic nitrogens is 4. The first-order valence-corrected chi connectivity index (χ1v) is 10.4. The van der Waals surface area contributed by atoms with Crippen LogP contribution in [0.25, 0.3) is 11.0 Å². The van der Waals surface area contributed by atoms with Gasteiger partial charge in [-0.3, -0.25) is 4.79 Å². The molecule has 0 saturated carbocycles. The molecule has 0 unspecified atom stereocenters. The van der Waals surface area contributed by atoms with Crippen molar-refractivity contribution in [2.75, 3.05) is 18.0 Å². The lowest BCUT2D eigenvalue weighted by atomic mass is 9.94. The third kappa shape index (κ3) is 4.23. The number of H-pyrrole nitrogens is 1. The van der Waals surface area contributed by atoms with Gasteiger partial charge in [-0.15, -0.1) is 0 Å². The van der Waals surface area contributed by atoms with Crippen LogP contribution in [0, 0.1) is 11.8 Å². The molecule has 7 nitrogen and oxygen atoms in total. The number of fused-ring (bicyclic) bond motifs is 1. The largest absolute Gasteiger partial charge is 0.346 e. The lowest BCUT2D eigenvalue weighted by molar-refractivity contribution is -0.126. The van der Waals surface area contributed by atoms with Crippen molar-refractivity contribution >= 4 is 22.9 Å². The number of hydrogen-bond donors (Lipinski definition) is 2. The van der Waals surface area contributed by atoms with Gasteiger partial charge in [0.15, 0.2) is 0 Å². The maximum Gasteiger partial charge on any atom is 0.225 e. The summed E-state index contributed by atoms with van der Waals surface area (Å²) in [6, 6.07) is 9.64. The van der Waals surface area contributed by atoms with E-state index in [1.807, 2.05) is 30.3 Å². The van der Waals surface area contributed by atoms with Crippen LogP contribution >= 0.6 is 0 Å². The van der Waals surface area contributed by atoms with E-state index in [0.717, 1.165) is 42.7 Å². The van der Waals surface area contributed by atoms with Gasteiger partial charge < -0.3 is 15.2 Å². The number of carbonyl (C=O) groups is 1. The van der Waals surface area contributed by atoms with Crippen molar-refractivity contribution < 1.29 is 4.79 Å². The van der Waals surface area contributed by atoms with Crippen LogP contribution in [-0.2, 0) is 4.79 Å². The predicted octanol–water partition coefficient (Wildman–Crippen LogP) is 3.47. The van der Waals surface area contributed by atoms with Crippen molar-refractivity contribution in [2.24, 2.45) is 11.8 Å². The Morgan fingerprint density at radius 2 is 2.07 bits per heavy atom. The Bertz CT molecular complexity index is 923. The van der Waals surface area contributed by atoms with Crippen LogP contribution < -0.4 is 10.2 Å². The number of amides is 1. The van der Waals surface area contributed by atoms with E-state index in [9.17, 15) is 4.79 Å². The zero-order chi connectivity index (χ0) is 20.2. The number of nitrogens with one attached hydrogen (secondary N) is 2. The zero-order valence-corrected chi connectivity index (χ0v) is 17.0. The standard InChI is InChI=1S/C22H28N6O/c1-3-15(2)19(20-25-17-9-4-5-10-18(17)26-20)27-21(29)16-8-6-13-28(14-16)22-23-11-7-12-24-22/h4-5,7,9-12,15-16,19H,3,6,8,13-14H2,1-2H3,(H,25,26)(H,27,29)/t15-,16-,19-/m0/s1. The molecule has 1 amide bonds. The van der Waals surface area contributed by atoms with E-state index in [4.69, 9.17) is 4.98 Å².